The molecule has 82 valence electrons. The Bertz CT molecular complexity index is 189. The van der Waals surface area contributed by atoms with Crippen molar-refractivity contribution in [3.8, 4) is 0 Å². The predicted octanol–water partition coefficient (Wildman–Crippen LogP) is 0.219. The SMILES string of the molecule is CCN(CC1CCOC1)C(=O)[C@H](C)N. The van der Waals surface area contributed by atoms with Gasteiger partial charge in [-0.05, 0) is 20.3 Å². The summed E-state index contributed by atoms with van der Waals surface area (Å²) >= 11 is 0. The van der Waals surface area contributed by atoms with Crippen LogP contribution < -0.4 is 5.73 Å². The van der Waals surface area contributed by atoms with Gasteiger partial charge in [0, 0.05) is 25.6 Å². The summed E-state index contributed by atoms with van der Waals surface area (Å²) in [5, 5.41) is 0. The van der Waals surface area contributed by atoms with Crippen molar-refractivity contribution < 1.29 is 9.53 Å². The molecule has 0 aromatic heterocycles. The van der Waals surface area contributed by atoms with Gasteiger partial charge in [0.25, 0.3) is 0 Å². The minimum absolute atomic E-state index is 0.0411. The maximum Gasteiger partial charge on any atom is 0.239 e. The fourth-order valence-corrected chi connectivity index (χ4v) is 1.70. The van der Waals surface area contributed by atoms with Crippen LogP contribution >= 0.6 is 0 Å². The largest absolute Gasteiger partial charge is 0.381 e. The van der Waals surface area contributed by atoms with Crippen LogP contribution in [0.4, 0.5) is 0 Å². The number of carbonyl (C=O) groups excluding carboxylic acids is 1. The van der Waals surface area contributed by atoms with Gasteiger partial charge in [-0.3, -0.25) is 4.79 Å². The third-order valence-electron chi connectivity index (χ3n) is 2.59. The quantitative estimate of drug-likeness (QED) is 0.706. The van der Waals surface area contributed by atoms with Gasteiger partial charge < -0.3 is 15.4 Å². The Morgan fingerprint density at radius 3 is 2.86 bits per heavy atom. The Labute approximate surface area is 85.4 Å². The van der Waals surface area contributed by atoms with Gasteiger partial charge in [-0.2, -0.15) is 0 Å². The summed E-state index contributed by atoms with van der Waals surface area (Å²) in [4.78, 5) is 13.4. The summed E-state index contributed by atoms with van der Waals surface area (Å²) < 4.78 is 5.27. The smallest absolute Gasteiger partial charge is 0.239 e. The zero-order valence-corrected chi connectivity index (χ0v) is 9.03. The molecule has 1 saturated heterocycles. The highest BCUT2D eigenvalue weighted by atomic mass is 16.5. The summed E-state index contributed by atoms with van der Waals surface area (Å²) in [5.41, 5.74) is 5.56. The van der Waals surface area contributed by atoms with Crippen LogP contribution in [0.1, 0.15) is 20.3 Å². The molecule has 2 atom stereocenters. The second-order valence-electron chi connectivity index (χ2n) is 3.90. The lowest BCUT2D eigenvalue weighted by molar-refractivity contribution is -0.132. The number of hydrogen-bond donors (Lipinski definition) is 1. The fraction of sp³-hybridized carbons (Fsp3) is 0.900. The van der Waals surface area contributed by atoms with Crippen LogP contribution in [0.25, 0.3) is 0 Å². The first-order chi connectivity index (χ1) is 6.65. The number of hydrogen-bond acceptors (Lipinski definition) is 3. The van der Waals surface area contributed by atoms with E-state index in [1.807, 2.05) is 11.8 Å². The van der Waals surface area contributed by atoms with Crippen LogP contribution in [0.2, 0.25) is 0 Å². The lowest BCUT2D eigenvalue weighted by Gasteiger charge is -2.25. The van der Waals surface area contributed by atoms with Crippen molar-refractivity contribution in [2.75, 3.05) is 26.3 Å². The molecule has 1 aliphatic rings. The number of likely N-dealkylation sites (N-methyl/N-ethyl adjacent to an activating group) is 1. The van der Waals surface area contributed by atoms with Gasteiger partial charge in [0.05, 0.1) is 12.6 Å². The van der Waals surface area contributed by atoms with E-state index in [2.05, 4.69) is 0 Å². The molecule has 1 fully saturated rings. The lowest BCUT2D eigenvalue weighted by Crippen LogP contribution is -2.44. The Balaban J connectivity index is 2.41. The Kier molecular flexibility index (Phi) is 4.35. The third-order valence-corrected chi connectivity index (χ3v) is 2.59. The van der Waals surface area contributed by atoms with Gasteiger partial charge in [-0.1, -0.05) is 0 Å². The standard InChI is InChI=1S/C10H20N2O2/c1-3-12(10(13)8(2)11)6-9-4-5-14-7-9/h8-9H,3-7,11H2,1-2H3/t8-,9?/m0/s1. The topological polar surface area (TPSA) is 55.6 Å². The molecule has 2 N–H and O–H groups in total. The average Bonchev–Trinajstić information content (AvgIpc) is 2.65. The van der Waals surface area contributed by atoms with Gasteiger partial charge >= 0.3 is 0 Å². The molecular weight excluding hydrogens is 180 g/mol. The summed E-state index contributed by atoms with van der Waals surface area (Å²) in [7, 11) is 0. The Morgan fingerprint density at radius 2 is 2.43 bits per heavy atom. The van der Waals surface area contributed by atoms with Gasteiger partial charge in [0.15, 0.2) is 0 Å². The zero-order chi connectivity index (χ0) is 10.6. The van der Waals surface area contributed by atoms with Crippen molar-refractivity contribution >= 4 is 5.91 Å². The van der Waals surface area contributed by atoms with Crippen LogP contribution in [-0.4, -0.2) is 43.2 Å². The third kappa shape index (κ3) is 2.96. The molecule has 0 aromatic rings. The molecule has 1 rings (SSSR count). The molecule has 1 heterocycles. The van der Waals surface area contributed by atoms with Crippen molar-refractivity contribution in [3.05, 3.63) is 0 Å². The highest BCUT2D eigenvalue weighted by Crippen LogP contribution is 2.14. The first-order valence-electron chi connectivity index (χ1n) is 5.27. The van der Waals surface area contributed by atoms with E-state index in [0.717, 1.165) is 32.7 Å². The molecule has 4 heteroatoms. The van der Waals surface area contributed by atoms with E-state index in [9.17, 15) is 4.79 Å². The molecule has 0 aromatic carbocycles. The fourth-order valence-electron chi connectivity index (χ4n) is 1.70. The first kappa shape index (κ1) is 11.5. The Morgan fingerprint density at radius 1 is 1.71 bits per heavy atom. The number of carbonyl (C=O) groups is 1. The number of ether oxygens (including phenoxy) is 1. The van der Waals surface area contributed by atoms with Gasteiger partial charge in [-0.25, -0.2) is 0 Å². The van der Waals surface area contributed by atoms with E-state index >= 15 is 0 Å². The highest BCUT2D eigenvalue weighted by molar-refractivity contribution is 5.81. The summed E-state index contributed by atoms with van der Waals surface area (Å²) in [5.74, 6) is 0.539. The van der Waals surface area contributed by atoms with E-state index in [-0.39, 0.29) is 5.91 Å². The van der Waals surface area contributed by atoms with Gasteiger partial charge in [0.1, 0.15) is 0 Å². The van der Waals surface area contributed by atoms with Crippen molar-refractivity contribution in [2.45, 2.75) is 26.3 Å². The van der Waals surface area contributed by atoms with Crippen molar-refractivity contribution in [1.82, 2.24) is 4.90 Å². The molecule has 14 heavy (non-hydrogen) atoms. The molecule has 4 nitrogen and oxygen atoms in total. The number of nitrogens with two attached hydrogens (primary N) is 1. The van der Waals surface area contributed by atoms with Crippen LogP contribution in [-0.2, 0) is 9.53 Å². The zero-order valence-electron chi connectivity index (χ0n) is 9.03. The highest BCUT2D eigenvalue weighted by Gasteiger charge is 2.22. The number of rotatable bonds is 4. The molecule has 0 spiro atoms. The van der Waals surface area contributed by atoms with E-state index in [1.165, 1.54) is 0 Å². The first-order valence-corrected chi connectivity index (χ1v) is 5.27. The molecular formula is C10H20N2O2. The molecule has 0 saturated carbocycles. The van der Waals surface area contributed by atoms with Crippen LogP contribution in [0.5, 0.6) is 0 Å². The minimum atomic E-state index is -0.391. The molecule has 1 amide bonds. The predicted molar refractivity (Wildman–Crippen MR) is 54.8 cm³/mol. The van der Waals surface area contributed by atoms with Crippen molar-refractivity contribution in [3.63, 3.8) is 0 Å². The van der Waals surface area contributed by atoms with E-state index in [1.54, 1.807) is 6.92 Å². The Hall–Kier alpha value is -0.610. The second kappa shape index (κ2) is 5.32. The van der Waals surface area contributed by atoms with Gasteiger partial charge in [-0.15, -0.1) is 0 Å². The van der Waals surface area contributed by atoms with Crippen LogP contribution in [0.3, 0.4) is 0 Å². The minimum Gasteiger partial charge on any atom is -0.381 e. The van der Waals surface area contributed by atoms with E-state index in [0.29, 0.717) is 5.92 Å². The summed E-state index contributed by atoms with van der Waals surface area (Å²) in [6, 6.07) is -0.391. The van der Waals surface area contributed by atoms with E-state index in [4.69, 9.17) is 10.5 Å². The van der Waals surface area contributed by atoms with Crippen molar-refractivity contribution in [2.24, 2.45) is 11.7 Å². The van der Waals surface area contributed by atoms with Crippen LogP contribution in [0, 0.1) is 5.92 Å². The molecule has 0 aliphatic carbocycles. The number of amides is 1. The maximum atomic E-state index is 11.6. The molecule has 0 radical (unpaired) electrons. The molecule has 1 unspecified atom stereocenters. The van der Waals surface area contributed by atoms with Crippen molar-refractivity contribution in [1.29, 1.82) is 0 Å². The second-order valence-corrected chi connectivity index (χ2v) is 3.90. The maximum absolute atomic E-state index is 11.6. The lowest BCUT2D eigenvalue weighted by atomic mass is 10.1. The van der Waals surface area contributed by atoms with Crippen LogP contribution in [0.15, 0.2) is 0 Å². The van der Waals surface area contributed by atoms with E-state index < -0.39 is 6.04 Å². The summed E-state index contributed by atoms with van der Waals surface area (Å²) in [6.07, 6.45) is 1.06. The van der Waals surface area contributed by atoms with Gasteiger partial charge in [0.2, 0.25) is 5.91 Å². The normalized spacial score (nSPS) is 23.5. The average molecular weight is 200 g/mol. The molecule has 0 bridgehead atoms. The summed E-state index contributed by atoms with van der Waals surface area (Å²) in [6.45, 7) is 6.84. The monoisotopic (exact) mass is 200 g/mol. The number of nitrogens with zero attached hydrogens (tertiary/aromatic N) is 1. The molecule has 1 aliphatic heterocycles.